The first-order chi connectivity index (χ1) is 59.5. The fourth-order valence-corrected chi connectivity index (χ4v) is 21.2. The van der Waals surface area contributed by atoms with E-state index in [1.54, 1.807) is 28.2 Å². The highest BCUT2D eigenvalue weighted by Gasteiger charge is 2.31. The molecule has 6 aromatic carbocycles. The Balaban J connectivity index is 0.000000182. The van der Waals surface area contributed by atoms with Crippen LogP contribution in [0.5, 0.6) is 0 Å². The van der Waals surface area contributed by atoms with E-state index in [-0.39, 0.29) is 62.1 Å². The number of nitrogens with one attached hydrogen (secondary N) is 3. The van der Waals surface area contributed by atoms with Crippen LogP contribution in [0.15, 0.2) is 172 Å². The molecule has 0 unspecified atom stereocenters. The SMILES string of the molecule is C.CN1CCC(=O)CC1.CN1CCC(N2CCCCc3cc(Br)ccc32)CC1.CN1CCC(N2CCCCc3cc(N)ccc32)CC1.CN1CCC(N2CCCCc3cc(N=C(N)c4cccs4)ccc32)CC1.CN1CCC(N2CCCCc3ccccc32)CC1.CSC(=N)c1cccs1.Cl.Cl.I.O=C1CCCc2ccccc2N1.c1ccc2c(c1)CCCCN2. The quantitative estimate of drug-likeness (QED) is 0.0441. The minimum atomic E-state index is 0. The van der Waals surface area contributed by atoms with Gasteiger partial charge in [-0.25, -0.2) is 4.99 Å². The molecule has 11 aliphatic heterocycles. The molecule has 24 heteroatoms. The molecule has 2 aromatic heterocycles. The Morgan fingerprint density at radius 3 is 1.29 bits per heavy atom. The fourth-order valence-electron chi connectivity index (χ4n) is 18.9. The number of Topliss-reactive ketones (excluding diaryl/α,β-unsaturated/α-hetero) is 1. The number of carbonyl (C=O) groups is 2. The molecule has 690 valence electrons. The van der Waals surface area contributed by atoms with Crippen molar-refractivity contribution in [3.63, 3.8) is 0 Å². The standard InChI is InChI=1S/C21H28N4S.C16H23BrN2.C16H25N3.C16H24N2.C10H11NO.C10H13N.C6H11NO.C6H7NS2.CH4.2ClH.HI/c1-24-12-9-18(10-13-24)25-11-3-2-5-16-15-17(7-8-19(16)25)23-21(22)20-6-4-14-26-20;2*1-18-10-7-15(8-11-18)19-9-3-2-4-13-12-14(17)5-6-16(13)19;1-17-12-9-15(10-13-17)18-11-5-4-7-14-6-2-3-8-16(14)18;12-10-7-3-5-8-4-1-2-6-9(8)11-10;1-2-7-10-9(5-1)6-3-4-8-11-10;1-7-4-2-6(8)3-5-7;1-8-6(7)5-3-2-4-9-5;;;;/h4,6-8,14-15,18H,2-3,5,9-13H2,1H3,(H2,22,23);5-6,12,15H,2-4,7-11H2,1H3;5-6,12,15H,2-4,7-11,17H2,1H3;2-3,6,8,15H,4-5,7,9-13H2,1H3;1-2,4,6H,3,5,7H2,(H,11,12);1-2,5,7,11H,3-4,6,8H2;2-5H2,1H3;2-4,7H,1H3;1H4;3*1H. The number of carbonyl (C=O) groups excluding carboxylic acids is 2. The molecule has 0 atom stereocenters. The number of benzene rings is 6. The number of aliphatic imine (C=N–C) groups is 1. The molecule has 5 fully saturated rings. The maximum absolute atomic E-state index is 11.1. The summed E-state index contributed by atoms with van der Waals surface area (Å²) in [4.78, 5) is 51.2. The van der Waals surface area contributed by atoms with E-state index in [9.17, 15) is 9.59 Å². The van der Waals surface area contributed by atoms with E-state index in [2.05, 4.69) is 213 Å². The highest BCUT2D eigenvalue weighted by Crippen LogP contribution is 2.38. The summed E-state index contributed by atoms with van der Waals surface area (Å²) >= 11 is 8.33. The molecule has 0 bridgehead atoms. The smallest absolute Gasteiger partial charge is 0.224 e. The van der Waals surface area contributed by atoms with Crippen molar-refractivity contribution in [3.8, 4) is 0 Å². The number of amidine groups is 1. The van der Waals surface area contributed by atoms with Crippen LogP contribution in [0, 0.1) is 5.41 Å². The van der Waals surface area contributed by atoms with Gasteiger partial charge in [-0.05, 0) is 383 Å². The first-order valence-electron chi connectivity index (χ1n) is 46.1. The lowest BCUT2D eigenvalue weighted by Crippen LogP contribution is -2.44. The minimum Gasteiger partial charge on any atom is -0.399 e. The summed E-state index contributed by atoms with van der Waals surface area (Å²) in [6.45, 7) is 17.8. The molecule has 19 rings (SSSR count). The maximum Gasteiger partial charge on any atom is 0.224 e. The molecule has 0 radical (unpaired) electrons. The normalized spacial score (nSPS) is 19.2. The summed E-state index contributed by atoms with van der Waals surface area (Å²) in [6, 6.07) is 56.5. The number of amides is 1. The number of anilines is 7. The van der Waals surface area contributed by atoms with Crippen LogP contribution in [0.3, 0.4) is 0 Å². The van der Waals surface area contributed by atoms with Crippen molar-refractivity contribution in [2.75, 3.05) is 176 Å². The monoisotopic (exact) mass is 1990 g/mol. The van der Waals surface area contributed by atoms with Gasteiger partial charge in [-0.3, -0.25) is 15.0 Å². The number of hydrogen-bond acceptors (Lipinski definition) is 18. The first-order valence-corrected chi connectivity index (χ1v) is 49.9. The Hall–Kier alpha value is -6.26. The zero-order valence-corrected chi connectivity index (χ0v) is 83.6. The zero-order chi connectivity index (χ0) is 85.4. The lowest BCUT2D eigenvalue weighted by Gasteiger charge is -2.39. The van der Waals surface area contributed by atoms with Gasteiger partial charge < -0.3 is 66.2 Å². The number of nitrogens with zero attached hydrogens (tertiary/aromatic N) is 10. The first kappa shape index (κ1) is 105. The molecule has 17 nitrogen and oxygen atoms in total. The molecule has 0 spiro atoms. The average molecular weight is 1990 g/mol. The van der Waals surface area contributed by atoms with Gasteiger partial charge in [-0.2, -0.15) is 0 Å². The van der Waals surface area contributed by atoms with Crippen LogP contribution in [0.1, 0.15) is 192 Å². The second-order valence-electron chi connectivity index (χ2n) is 35.3. The Labute approximate surface area is 807 Å². The third-order valence-corrected chi connectivity index (χ3v) is 29.2. The number of rotatable bonds is 7. The van der Waals surface area contributed by atoms with Crippen LogP contribution >= 0.6 is 99.2 Å². The molecule has 0 aliphatic carbocycles. The van der Waals surface area contributed by atoms with E-state index >= 15 is 0 Å². The number of hydrogen-bond donors (Lipinski definition) is 5. The van der Waals surface area contributed by atoms with E-state index in [0.717, 1.165) is 96.7 Å². The number of aryl methyl sites for hydroxylation is 6. The number of nitrogen functional groups attached to an aromatic ring is 1. The number of halogens is 4. The zero-order valence-electron chi connectivity index (χ0n) is 75.6. The fraction of sp³-hybridized carbons (Fsp3) is 0.529. The Bertz CT molecular complexity index is 4410. The van der Waals surface area contributed by atoms with E-state index in [1.165, 1.54) is 292 Å². The summed E-state index contributed by atoms with van der Waals surface area (Å²) in [5.74, 6) is 1.17. The van der Waals surface area contributed by atoms with Gasteiger partial charge in [0.05, 0.1) is 15.4 Å². The van der Waals surface area contributed by atoms with E-state index in [0.29, 0.717) is 29.1 Å². The number of fused-ring (bicyclic) bond motifs is 6. The van der Waals surface area contributed by atoms with E-state index < -0.39 is 0 Å². The van der Waals surface area contributed by atoms with Crippen molar-refractivity contribution in [2.45, 2.75) is 211 Å². The van der Waals surface area contributed by atoms with Crippen molar-refractivity contribution in [2.24, 2.45) is 10.7 Å². The van der Waals surface area contributed by atoms with Gasteiger partial charge in [-0.15, -0.1) is 83.2 Å². The third-order valence-electron chi connectivity index (χ3n) is 26.2. The second-order valence-corrected chi connectivity index (χ2v) is 38.9. The Morgan fingerprint density at radius 2 is 0.810 bits per heavy atom. The van der Waals surface area contributed by atoms with Gasteiger partial charge in [-0.1, -0.05) is 90.1 Å². The van der Waals surface area contributed by atoms with Crippen molar-refractivity contribution in [3.05, 3.63) is 210 Å². The average Bonchev–Trinajstić information content (AvgIpc) is 1.54. The lowest BCUT2D eigenvalue weighted by molar-refractivity contribution is -0.121. The number of thiophene rings is 2. The largest absolute Gasteiger partial charge is 0.399 e. The van der Waals surface area contributed by atoms with Crippen LogP contribution in [0.25, 0.3) is 0 Å². The van der Waals surface area contributed by atoms with Crippen molar-refractivity contribution < 1.29 is 9.59 Å². The van der Waals surface area contributed by atoms with Gasteiger partial charge in [0.1, 0.15) is 16.7 Å². The van der Waals surface area contributed by atoms with Crippen molar-refractivity contribution in [1.82, 2.24) is 24.5 Å². The van der Waals surface area contributed by atoms with Gasteiger partial charge in [0.25, 0.3) is 0 Å². The van der Waals surface area contributed by atoms with Crippen LogP contribution in [0.2, 0.25) is 0 Å². The number of ketones is 1. The Kier molecular flexibility index (Phi) is 46.6. The number of nitrogens with two attached hydrogens (primary N) is 2. The number of thioether (sulfide) groups is 1. The molecule has 1 amide bonds. The van der Waals surface area contributed by atoms with Gasteiger partial charge >= 0.3 is 0 Å². The predicted molar refractivity (Wildman–Crippen MR) is 565 cm³/mol. The molecular weight excluding hydrogens is 1840 g/mol. The summed E-state index contributed by atoms with van der Waals surface area (Å²) in [5.41, 5.74) is 30.9. The molecule has 5 saturated heterocycles. The van der Waals surface area contributed by atoms with E-state index in [1.807, 2.05) is 66.5 Å². The van der Waals surface area contributed by atoms with Crippen LogP contribution in [-0.4, -0.2) is 211 Å². The topological polar surface area (TPSA) is 176 Å². The van der Waals surface area contributed by atoms with Crippen LogP contribution < -0.4 is 41.7 Å². The maximum atomic E-state index is 11.1. The summed E-state index contributed by atoms with van der Waals surface area (Å²) in [7, 11) is 11.0. The Morgan fingerprint density at radius 1 is 0.421 bits per heavy atom. The molecule has 7 N–H and O–H groups in total. The highest BCUT2D eigenvalue weighted by molar-refractivity contribution is 14.0. The van der Waals surface area contributed by atoms with Crippen molar-refractivity contribution in [1.29, 1.82) is 5.41 Å². The minimum absolute atomic E-state index is 0. The number of likely N-dealkylation sites (tertiary alicyclic amines) is 5. The highest BCUT2D eigenvalue weighted by atomic mass is 127. The molecule has 0 saturated carbocycles. The molecule has 8 aromatic rings. The van der Waals surface area contributed by atoms with Crippen LogP contribution in [0.4, 0.5) is 45.5 Å². The predicted octanol–water partition coefficient (Wildman–Crippen LogP) is 22.3. The molecule has 13 heterocycles. The van der Waals surface area contributed by atoms with Gasteiger partial charge in [0, 0.05) is 134 Å². The third kappa shape index (κ3) is 32.6. The van der Waals surface area contributed by atoms with Gasteiger partial charge in [0.15, 0.2) is 0 Å². The molecule has 11 aliphatic rings. The van der Waals surface area contributed by atoms with E-state index in [4.69, 9.17) is 16.9 Å². The summed E-state index contributed by atoms with van der Waals surface area (Å²) in [5, 5.41) is 18.4. The lowest BCUT2D eigenvalue weighted by atomic mass is 10.0. The van der Waals surface area contributed by atoms with Gasteiger partial charge in [0.2, 0.25) is 5.91 Å². The molecule has 126 heavy (non-hydrogen) atoms. The van der Waals surface area contributed by atoms with Crippen LogP contribution in [-0.2, 0) is 48.1 Å². The van der Waals surface area contributed by atoms with Crippen molar-refractivity contribution >= 4 is 167 Å². The summed E-state index contributed by atoms with van der Waals surface area (Å²) in [6.07, 6.45) is 35.6. The second kappa shape index (κ2) is 55.8. The molecular formula is C102H149BrCl2IN15O2S3. The summed E-state index contributed by atoms with van der Waals surface area (Å²) < 4.78 is 1.22. The number of para-hydroxylation sites is 3. The number of piperidine rings is 5.